The van der Waals surface area contributed by atoms with E-state index in [0.717, 1.165) is 6.07 Å². The van der Waals surface area contributed by atoms with Crippen molar-refractivity contribution in [2.24, 2.45) is 0 Å². The normalized spacial score (nSPS) is 15.0. The van der Waals surface area contributed by atoms with Crippen molar-refractivity contribution in [1.29, 1.82) is 0 Å². The average Bonchev–Trinajstić information content (AvgIpc) is 2.49. The van der Waals surface area contributed by atoms with Crippen LogP contribution in [0.2, 0.25) is 0 Å². The molecular weight excluding hydrogens is 284 g/mol. The number of ether oxygens (including phenoxy) is 1. The van der Waals surface area contributed by atoms with Gasteiger partial charge in [-0.1, -0.05) is 0 Å². The van der Waals surface area contributed by atoms with Crippen molar-refractivity contribution in [3.05, 3.63) is 29.3 Å². The average molecular weight is 299 g/mol. The number of carbonyl (C=O) groups excluding carboxylic acids is 2. The fourth-order valence-electron chi connectivity index (χ4n) is 2.12. The van der Waals surface area contributed by atoms with Crippen molar-refractivity contribution in [2.45, 2.75) is 0 Å². The summed E-state index contributed by atoms with van der Waals surface area (Å²) in [6, 6.07) is 1.58. The number of nitrogens with zero attached hydrogens (tertiary/aromatic N) is 2. The Morgan fingerprint density at radius 3 is 2.24 bits per heavy atom. The van der Waals surface area contributed by atoms with Crippen molar-refractivity contribution in [3.8, 4) is 0 Å². The number of rotatable bonds is 1. The third-order valence-corrected chi connectivity index (χ3v) is 3.32. The maximum Gasteiger partial charge on any atom is 0.409 e. The van der Waals surface area contributed by atoms with E-state index in [4.69, 9.17) is 5.73 Å². The summed E-state index contributed by atoms with van der Waals surface area (Å²) in [6.07, 6.45) is -0.473. The van der Waals surface area contributed by atoms with Gasteiger partial charge in [-0.3, -0.25) is 4.79 Å². The molecule has 8 heteroatoms. The van der Waals surface area contributed by atoms with Gasteiger partial charge >= 0.3 is 6.09 Å². The molecule has 2 N–H and O–H groups in total. The highest BCUT2D eigenvalue weighted by molar-refractivity contribution is 5.95. The summed E-state index contributed by atoms with van der Waals surface area (Å²) < 4.78 is 31.3. The number of amides is 2. The molecular formula is C13H15F2N3O3. The van der Waals surface area contributed by atoms with Crippen LogP contribution < -0.4 is 5.73 Å². The molecule has 1 fully saturated rings. The lowest BCUT2D eigenvalue weighted by molar-refractivity contribution is 0.0595. The number of hydrogen-bond acceptors (Lipinski definition) is 4. The van der Waals surface area contributed by atoms with Crippen LogP contribution in [0.1, 0.15) is 10.4 Å². The zero-order chi connectivity index (χ0) is 15.6. The van der Waals surface area contributed by atoms with Crippen molar-refractivity contribution in [1.82, 2.24) is 9.80 Å². The van der Waals surface area contributed by atoms with Crippen LogP contribution in [0.15, 0.2) is 12.1 Å². The van der Waals surface area contributed by atoms with E-state index in [0.29, 0.717) is 6.07 Å². The van der Waals surface area contributed by atoms with Gasteiger partial charge in [0.05, 0.1) is 18.4 Å². The van der Waals surface area contributed by atoms with Gasteiger partial charge in [-0.2, -0.15) is 0 Å². The molecule has 0 aromatic heterocycles. The van der Waals surface area contributed by atoms with E-state index in [1.54, 1.807) is 0 Å². The number of carbonyl (C=O) groups is 2. The largest absolute Gasteiger partial charge is 0.453 e. The second-order valence-corrected chi connectivity index (χ2v) is 4.60. The zero-order valence-corrected chi connectivity index (χ0v) is 11.4. The monoisotopic (exact) mass is 299 g/mol. The molecule has 6 nitrogen and oxygen atoms in total. The predicted molar refractivity (Wildman–Crippen MR) is 70.7 cm³/mol. The summed E-state index contributed by atoms with van der Waals surface area (Å²) in [5.41, 5.74) is 4.79. The van der Waals surface area contributed by atoms with E-state index in [1.807, 2.05) is 0 Å². The first kappa shape index (κ1) is 15.0. The van der Waals surface area contributed by atoms with Crippen LogP contribution >= 0.6 is 0 Å². The molecule has 2 rings (SSSR count). The van der Waals surface area contributed by atoms with Crippen molar-refractivity contribution < 1.29 is 23.1 Å². The van der Waals surface area contributed by atoms with E-state index in [-0.39, 0.29) is 37.4 Å². The van der Waals surface area contributed by atoms with Crippen molar-refractivity contribution in [2.75, 3.05) is 39.0 Å². The number of hydrogen-bond donors (Lipinski definition) is 1. The lowest BCUT2D eigenvalue weighted by Crippen LogP contribution is -2.50. The maximum atomic E-state index is 13.7. The lowest BCUT2D eigenvalue weighted by atomic mass is 10.1. The molecule has 1 aliphatic rings. The summed E-state index contributed by atoms with van der Waals surface area (Å²) in [4.78, 5) is 26.4. The van der Waals surface area contributed by atoms with Crippen LogP contribution in [0.3, 0.4) is 0 Å². The molecule has 0 saturated carbocycles. The highest BCUT2D eigenvalue weighted by Crippen LogP contribution is 2.19. The molecule has 1 aromatic carbocycles. The Hall–Kier alpha value is -2.38. The minimum absolute atomic E-state index is 0.241. The van der Waals surface area contributed by atoms with Gasteiger partial charge in [0, 0.05) is 32.2 Å². The van der Waals surface area contributed by atoms with Crippen LogP contribution in [0.25, 0.3) is 0 Å². The van der Waals surface area contributed by atoms with Gasteiger partial charge in [-0.15, -0.1) is 0 Å². The molecule has 1 aromatic rings. The first-order valence-electron chi connectivity index (χ1n) is 6.30. The Balaban J connectivity index is 2.09. The Bertz CT molecular complexity index is 572. The number of methoxy groups -OCH3 is 1. The molecule has 1 heterocycles. The van der Waals surface area contributed by atoms with Gasteiger partial charge in [0.15, 0.2) is 0 Å². The molecule has 0 aliphatic carbocycles. The SMILES string of the molecule is COC(=O)N1CCN(C(=O)c2cc(N)c(F)cc2F)CC1. The third kappa shape index (κ3) is 3.04. The number of piperazine rings is 1. The second kappa shape index (κ2) is 5.94. The molecule has 21 heavy (non-hydrogen) atoms. The fraction of sp³-hybridized carbons (Fsp3) is 0.385. The van der Waals surface area contributed by atoms with Gasteiger partial charge < -0.3 is 20.3 Å². The van der Waals surface area contributed by atoms with Crippen molar-refractivity contribution in [3.63, 3.8) is 0 Å². The number of nitrogen functional groups attached to an aromatic ring is 1. The summed E-state index contributed by atoms with van der Waals surface area (Å²) in [5, 5.41) is 0. The molecule has 0 radical (unpaired) electrons. The van der Waals surface area contributed by atoms with Crippen molar-refractivity contribution >= 4 is 17.7 Å². The summed E-state index contributed by atoms with van der Waals surface area (Å²) in [6.45, 7) is 1.06. The molecule has 114 valence electrons. The van der Waals surface area contributed by atoms with Crippen LogP contribution in [-0.2, 0) is 4.74 Å². The molecule has 0 atom stereocenters. The van der Waals surface area contributed by atoms with Crippen LogP contribution in [0.4, 0.5) is 19.3 Å². The molecule has 1 aliphatic heterocycles. The van der Waals surface area contributed by atoms with Gasteiger partial charge in [-0.05, 0) is 6.07 Å². The summed E-state index contributed by atoms with van der Waals surface area (Å²) in [5.74, 6) is -2.44. The van der Waals surface area contributed by atoms with Gasteiger partial charge in [0.25, 0.3) is 5.91 Å². The number of halogens is 2. The third-order valence-electron chi connectivity index (χ3n) is 3.32. The first-order chi connectivity index (χ1) is 9.93. The Morgan fingerprint density at radius 2 is 1.67 bits per heavy atom. The Morgan fingerprint density at radius 1 is 1.10 bits per heavy atom. The number of benzene rings is 1. The van der Waals surface area contributed by atoms with E-state index < -0.39 is 23.6 Å². The van der Waals surface area contributed by atoms with E-state index in [1.165, 1.54) is 16.9 Å². The van der Waals surface area contributed by atoms with Gasteiger partial charge in [-0.25, -0.2) is 13.6 Å². The second-order valence-electron chi connectivity index (χ2n) is 4.60. The molecule has 0 spiro atoms. The Kier molecular flexibility index (Phi) is 4.25. The molecule has 2 amide bonds. The maximum absolute atomic E-state index is 13.7. The lowest BCUT2D eigenvalue weighted by Gasteiger charge is -2.33. The highest BCUT2D eigenvalue weighted by atomic mass is 19.1. The molecule has 1 saturated heterocycles. The van der Waals surface area contributed by atoms with E-state index >= 15 is 0 Å². The fourth-order valence-corrected chi connectivity index (χ4v) is 2.12. The van der Waals surface area contributed by atoms with Crippen LogP contribution in [-0.4, -0.2) is 55.1 Å². The summed E-state index contributed by atoms with van der Waals surface area (Å²) >= 11 is 0. The smallest absolute Gasteiger partial charge is 0.409 e. The molecule has 0 bridgehead atoms. The van der Waals surface area contributed by atoms with Gasteiger partial charge in [0.1, 0.15) is 11.6 Å². The topological polar surface area (TPSA) is 75.9 Å². The highest BCUT2D eigenvalue weighted by Gasteiger charge is 2.27. The van der Waals surface area contributed by atoms with Gasteiger partial charge in [0.2, 0.25) is 0 Å². The van der Waals surface area contributed by atoms with Crippen LogP contribution in [0, 0.1) is 11.6 Å². The van der Waals surface area contributed by atoms with E-state index in [9.17, 15) is 18.4 Å². The van der Waals surface area contributed by atoms with E-state index in [2.05, 4.69) is 4.74 Å². The summed E-state index contributed by atoms with van der Waals surface area (Å²) in [7, 11) is 1.27. The minimum Gasteiger partial charge on any atom is -0.453 e. The zero-order valence-electron chi connectivity index (χ0n) is 11.4. The quantitative estimate of drug-likeness (QED) is 0.787. The standard InChI is InChI=1S/C13H15F2N3O3/c1-21-13(20)18-4-2-17(3-5-18)12(19)8-6-11(16)10(15)7-9(8)14/h6-7H,2-5,16H2,1H3. The predicted octanol–water partition coefficient (Wildman–Crippen LogP) is 1.07. The Labute approximate surface area is 120 Å². The van der Waals surface area contributed by atoms with Crippen LogP contribution in [0.5, 0.6) is 0 Å². The molecule has 0 unspecified atom stereocenters. The minimum atomic E-state index is -0.956. The number of anilines is 1. The first-order valence-corrected chi connectivity index (χ1v) is 6.30. The number of nitrogens with two attached hydrogens (primary N) is 1.